The van der Waals surface area contributed by atoms with Gasteiger partial charge >= 0.3 is 5.97 Å². The first-order valence-electron chi connectivity index (χ1n) is 13.0. The summed E-state index contributed by atoms with van der Waals surface area (Å²) in [5, 5.41) is 9.43. The summed E-state index contributed by atoms with van der Waals surface area (Å²) in [6.07, 6.45) is 18.6. The molecule has 0 aromatic carbocycles. The van der Waals surface area contributed by atoms with Crippen LogP contribution in [0.4, 0.5) is 0 Å². The summed E-state index contributed by atoms with van der Waals surface area (Å²) in [6, 6.07) is 3.78. The minimum Gasteiger partial charge on any atom is -0.481 e. The number of carboxylic acid groups (broad SMARTS) is 1. The van der Waals surface area contributed by atoms with Crippen molar-refractivity contribution in [2.75, 3.05) is 0 Å². The zero-order valence-electron chi connectivity index (χ0n) is 20.7. The number of rotatable bonds is 8. The number of ether oxygens (including phenoxy) is 1. The summed E-state index contributed by atoms with van der Waals surface area (Å²) in [5.41, 5.74) is 1.90. The lowest BCUT2D eigenvalue weighted by Gasteiger charge is -2.37. The van der Waals surface area contributed by atoms with E-state index in [1.54, 1.807) is 6.92 Å². The number of ketones is 1. The van der Waals surface area contributed by atoms with Gasteiger partial charge in [-0.15, -0.1) is 0 Å². The molecule has 184 valence electrons. The van der Waals surface area contributed by atoms with Crippen LogP contribution in [0.5, 0.6) is 0 Å². The Morgan fingerprint density at radius 3 is 2.76 bits per heavy atom. The number of fused-ring (bicyclic) bond motifs is 1. The van der Waals surface area contributed by atoms with Crippen LogP contribution in [0.15, 0.2) is 54.3 Å². The topological polar surface area (TPSA) is 79.4 Å². The molecule has 4 rings (SSSR count). The average molecular weight is 466 g/mol. The van der Waals surface area contributed by atoms with Gasteiger partial charge in [-0.05, 0) is 74.5 Å². The molecular formula is C29H39NO4. The number of aromatic amines is 1. The van der Waals surface area contributed by atoms with Gasteiger partial charge in [0.1, 0.15) is 0 Å². The predicted octanol–water partition coefficient (Wildman–Crippen LogP) is 6.21. The number of aliphatic carboxylic acids is 1. The van der Waals surface area contributed by atoms with Gasteiger partial charge in [-0.25, -0.2) is 0 Å². The second kappa shape index (κ2) is 10.9. The fraction of sp³-hybridized carbons (Fsp3) is 0.586. The van der Waals surface area contributed by atoms with Gasteiger partial charge in [0.05, 0.1) is 23.8 Å². The molecular weight excluding hydrogens is 426 g/mol. The highest BCUT2D eigenvalue weighted by Gasteiger charge is 2.42. The molecule has 1 aromatic heterocycles. The molecule has 5 heteroatoms. The molecule has 0 amide bonds. The first-order valence-corrected chi connectivity index (χ1v) is 13.0. The lowest BCUT2D eigenvalue weighted by atomic mass is 9.69. The van der Waals surface area contributed by atoms with Crippen molar-refractivity contribution in [1.82, 2.24) is 4.98 Å². The number of hydrogen-bond acceptors (Lipinski definition) is 3. The number of H-pyrrole nitrogens is 1. The van der Waals surface area contributed by atoms with Crippen molar-refractivity contribution in [1.29, 1.82) is 0 Å². The van der Waals surface area contributed by atoms with Crippen LogP contribution in [-0.2, 0) is 9.53 Å². The molecule has 0 radical (unpaired) electrons. The predicted molar refractivity (Wildman–Crippen MR) is 133 cm³/mol. The standard InChI is InChI=1S/C29H39NO4/c1-4-20(28-18(2)13-16-25(34-28)19(3)29(32)33)8-5-10-22-15-14-21-9-6-11-23(21)26(22)27(31)24-12-7-17-30-24/h5,7-8,10,12,14-15,17-19,21-23,25-26,28,30H,4,6,9,11,13,16H2,1-3H3,(H,32,33)/b10-5+,20-8-/t18-,19+,21+,22+,23+,25+,26-,28-/m0/s1. The zero-order valence-corrected chi connectivity index (χ0v) is 20.7. The first kappa shape index (κ1) is 24.7. The molecule has 0 spiro atoms. The molecule has 3 aliphatic rings. The van der Waals surface area contributed by atoms with Gasteiger partial charge in [-0.1, -0.05) is 50.6 Å². The zero-order chi connectivity index (χ0) is 24.2. The van der Waals surface area contributed by atoms with Gasteiger partial charge in [0.2, 0.25) is 0 Å². The first-order chi connectivity index (χ1) is 16.4. The Morgan fingerprint density at radius 2 is 2.06 bits per heavy atom. The van der Waals surface area contributed by atoms with Crippen LogP contribution >= 0.6 is 0 Å². The molecule has 0 unspecified atom stereocenters. The van der Waals surface area contributed by atoms with E-state index in [0.717, 1.165) is 25.7 Å². The van der Waals surface area contributed by atoms with Gasteiger partial charge < -0.3 is 14.8 Å². The molecule has 8 atom stereocenters. The minimum absolute atomic E-state index is 0.0310. The van der Waals surface area contributed by atoms with Crippen LogP contribution in [0.2, 0.25) is 0 Å². The van der Waals surface area contributed by atoms with Crippen LogP contribution in [0, 0.1) is 35.5 Å². The second-order valence-electron chi connectivity index (χ2n) is 10.5. The third-order valence-corrected chi connectivity index (χ3v) is 8.36. The number of hydrogen-bond donors (Lipinski definition) is 2. The normalized spacial score (nSPS) is 34.8. The quantitative estimate of drug-likeness (QED) is 0.272. The van der Waals surface area contributed by atoms with Gasteiger partial charge in [-0.3, -0.25) is 9.59 Å². The van der Waals surface area contributed by atoms with Crippen molar-refractivity contribution in [3.8, 4) is 0 Å². The molecule has 5 nitrogen and oxygen atoms in total. The largest absolute Gasteiger partial charge is 0.481 e. The van der Waals surface area contributed by atoms with Crippen molar-refractivity contribution in [3.05, 3.63) is 60.0 Å². The highest BCUT2D eigenvalue weighted by Crippen LogP contribution is 2.46. The Labute approximate surface area is 203 Å². The molecule has 0 bridgehead atoms. The number of aromatic nitrogens is 1. The molecule has 2 N–H and O–H groups in total. The van der Waals surface area contributed by atoms with E-state index in [4.69, 9.17) is 4.74 Å². The molecule has 34 heavy (non-hydrogen) atoms. The Kier molecular flexibility index (Phi) is 7.92. The third-order valence-electron chi connectivity index (χ3n) is 8.36. The Hall–Kier alpha value is -2.40. The van der Waals surface area contributed by atoms with Gasteiger partial charge in [0, 0.05) is 18.0 Å². The van der Waals surface area contributed by atoms with E-state index < -0.39 is 11.9 Å². The maximum absolute atomic E-state index is 13.4. The lowest BCUT2D eigenvalue weighted by Crippen LogP contribution is -2.40. The fourth-order valence-corrected chi connectivity index (χ4v) is 6.26. The Balaban J connectivity index is 1.53. The number of Topliss-reactive ketones (excluding diaryl/α,β-unsaturated/α-hetero) is 1. The van der Waals surface area contributed by atoms with Crippen LogP contribution in [0.1, 0.15) is 69.8 Å². The van der Waals surface area contributed by atoms with Crippen LogP contribution in [0.3, 0.4) is 0 Å². The van der Waals surface area contributed by atoms with Crippen LogP contribution < -0.4 is 0 Å². The maximum atomic E-state index is 13.4. The summed E-state index contributed by atoms with van der Waals surface area (Å²) in [5.74, 6) is 0.237. The molecule has 1 saturated heterocycles. The maximum Gasteiger partial charge on any atom is 0.308 e. The van der Waals surface area contributed by atoms with E-state index >= 15 is 0 Å². The number of nitrogens with one attached hydrogen (secondary N) is 1. The second-order valence-corrected chi connectivity index (χ2v) is 10.5. The van der Waals surface area contributed by atoms with E-state index in [0.29, 0.717) is 23.4 Å². The van der Waals surface area contributed by atoms with E-state index in [1.165, 1.54) is 18.4 Å². The van der Waals surface area contributed by atoms with Crippen LogP contribution in [-0.4, -0.2) is 34.1 Å². The van der Waals surface area contributed by atoms with E-state index in [1.807, 2.05) is 18.3 Å². The Morgan fingerprint density at radius 1 is 1.24 bits per heavy atom. The third kappa shape index (κ3) is 5.14. The number of carboxylic acids is 1. The molecule has 2 heterocycles. The van der Waals surface area contributed by atoms with E-state index in [-0.39, 0.29) is 29.8 Å². The van der Waals surface area contributed by atoms with Crippen molar-refractivity contribution < 1.29 is 19.4 Å². The van der Waals surface area contributed by atoms with Crippen molar-refractivity contribution in [3.63, 3.8) is 0 Å². The van der Waals surface area contributed by atoms with E-state index in [2.05, 4.69) is 49.2 Å². The molecule has 2 aliphatic carbocycles. The van der Waals surface area contributed by atoms with Crippen molar-refractivity contribution in [2.45, 2.75) is 71.5 Å². The lowest BCUT2D eigenvalue weighted by molar-refractivity contribution is -0.152. The summed E-state index contributed by atoms with van der Waals surface area (Å²) in [7, 11) is 0. The average Bonchev–Trinajstić information content (AvgIpc) is 3.53. The molecule has 2 fully saturated rings. The summed E-state index contributed by atoms with van der Waals surface area (Å²) >= 11 is 0. The molecule has 1 saturated carbocycles. The fourth-order valence-electron chi connectivity index (χ4n) is 6.26. The minimum atomic E-state index is -0.799. The number of carbonyl (C=O) groups is 2. The molecule has 1 aromatic rings. The summed E-state index contributed by atoms with van der Waals surface area (Å²) in [4.78, 5) is 28.0. The van der Waals surface area contributed by atoms with Crippen molar-refractivity contribution in [2.24, 2.45) is 35.5 Å². The van der Waals surface area contributed by atoms with E-state index in [9.17, 15) is 14.7 Å². The monoisotopic (exact) mass is 465 g/mol. The smallest absolute Gasteiger partial charge is 0.308 e. The van der Waals surface area contributed by atoms with Crippen molar-refractivity contribution >= 4 is 11.8 Å². The number of allylic oxidation sites excluding steroid dienone is 5. The highest BCUT2D eigenvalue weighted by molar-refractivity contribution is 5.97. The van der Waals surface area contributed by atoms with Gasteiger partial charge in [0.15, 0.2) is 5.78 Å². The number of carbonyl (C=O) groups excluding carboxylic acids is 1. The highest BCUT2D eigenvalue weighted by atomic mass is 16.5. The van der Waals surface area contributed by atoms with Gasteiger partial charge in [0.25, 0.3) is 0 Å². The Bertz CT molecular complexity index is 943. The van der Waals surface area contributed by atoms with Crippen LogP contribution in [0.25, 0.3) is 0 Å². The van der Waals surface area contributed by atoms with Gasteiger partial charge in [-0.2, -0.15) is 0 Å². The molecule has 1 aliphatic heterocycles. The summed E-state index contributed by atoms with van der Waals surface area (Å²) in [6.45, 7) is 6.05. The SMILES string of the molecule is CC/C(=C/C=C/[C@@H]1C=C[C@H]2CCC[C@H]2[C@H]1C(=O)c1ccc[nH]1)[C@H]1O[C@@H]([C@@H](C)C(=O)O)CC[C@@H]1C. The summed E-state index contributed by atoms with van der Waals surface area (Å²) < 4.78 is 6.33.